The zero-order valence-electron chi connectivity index (χ0n) is 9.44. The van der Waals surface area contributed by atoms with Gasteiger partial charge in [-0.1, -0.05) is 0 Å². The lowest BCUT2D eigenvalue weighted by Crippen LogP contribution is -2.45. The Bertz CT molecular complexity index is 432. The highest BCUT2D eigenvalue weighted by Crippen LogP contribution is 2.30. The van der Waals surface area contributed by atoms with Crippen molar-refractivity contribution in [3.8, 4) is 0 Å². The number of carbonyl (C=O) groups excluding carboxylic acids is 1. The fourth-order valence-electron chi connectivity index (χ4n) is 1.92. The van der Waals surface area contributed by atoms with Crippen LogP contribution < -0.4 is 5.32 Å². The van der Waals surface area contributed by atoms with Gasteiger partial charge in [-0.25, -0.2) is 4.79 Å². The monoisotopic (exact) mass is 281 g/mol. The molecule has 0 radical (unpaired) electrons. The summed E-state index contributed by atoms with van der Waals surface area (Å²) in [4.78, 5) is 22.2. The normalized spacial score (nSPS) is 25.7. The third-order valence-electron chi connectivity index (χ3n) is 2.97. The summed E-state index contributed by atoms with van der Waals surface area (Å²) in [6.45, 7) is -0.741. The van der Waals surface area contributed by atoms with Gasteiger partial charge >= 0.3 is 5.97 Å². The van der Waals surface area contributed by atoms with Crippen LogP contribution >= 0.6 is 0 Å². The van der Waals surface area contributed by atoms with Crippen molar-refractivity contribution in [2.75, 3.05) is 6.61 Å². The second-order valence-electron chi connectivity index (χ2n) is 4.23. The Morgan fingerprint density at radius 3 is 2.33 bits per heavy atom. The van der Waals surface area contributed by atoms with Crippen LogP contribution in [-0.2, 0) is 19.7 Å². The molecule has 0 saturated heterocycles. The maximum Gasteiger partial charge on any atom is 0.328 e. The van der Waals surface area contributed by atoms with Gasteiger partial charge in [0.25, 0.3) is 10.1 Å². The van der Waals surface area contributed by atoms with E-state index in [2.05, 4.69) is 5.32 Å². The summed E-state index contributed by atoms with van der Waals surface area (Å²) >= 11 is 0. The van der Waals surface area contributed by atoms with Crippen molar-refractivity contribution in [3.63, 3.8) is 0 Å². The summed E-state index contributed by atoms with van der Waals surface area (Å²) in [6.07, 6.45) is 0.379. The van der Waals surface area contributed by atoms with E-state index >= 15 is 0 Å². The van der Waals surface area contributed by atoms with E-state index in [0.29, 0.717) is 0 Å². The van der Waals surface area contributed by atoms with Gasteiger partial charge < -0.3 is 15.5 Å². The summed E-state index contributed by atoms with van der Waals surface area (Å²) in [7, 11) is -4.17. The molecule has 1 rings (SSSR count). The average Bonchev–Trinajstić information content (AvgIpc) is 2.73. The van der Waals surface area contributed by atoms with Gasteiger partial charge in [0.2, 0.25) is 5.91 Å². The number of aliphatic carboxylic acids is 1. The fraction of sp³-hybridized carbons (Fsp3) is 0.778. The standard InChI is InChI=1S/C9H15NO7S/c11-4-7(9(13)14)10-8(12)5-1-2-6(3-5)18(15,16)17/h5-7,11H,1-4H2,(H,10,12)(H,13,14)(H,15,16,17)/t5?,6?,7-/m0/s1. The number of rotatable bonds is 5. The van der Waals surface area contributed by atoms with Gasteiger partial charge in [0, 0.05) is 5.92 Å². The topological polar surface area (TPSA) is 141 Å². The molecular formula is C9H15NO7S. The lowest BCUT2D eigenvalue weighted by atomic mass is 10.1. The minimum absolute atomic E-state index is 0.0393. The summed E-state index contributed by atoms with van der Waals surface area (Å²) in [6, 6.07) is -1.40. The highest BCUT2D eigenvalue weighted by atomic mass is 32.2. The van der Waals surface area contributed by atoms with Crippen LogP contribution in [0.1, 0.15) is 19.3 Å². The second-order valence-corrected chi connectivity index (χ2v) is 5.93. The number of amides is 1. The third-order valence-corrected chi connectivity index (χ3v) is 4.24. The first kappa shape index (κ1) is 14.9. The Morgan fingerprint density at radius 2 is 1.94 bits per heavy atom. The number of aliphatic hydroxyl groups excluding tert-OH is 1. The summed E-state index contributed by atoms with van der Waals surface area (Å²) < 4.78 is 30.6. The van der Waals surface area contributed by atoms with E-state index < -0.39 is 45.8 Å². The van der Waals surface area contributed by atoms with Crippen LogP contribution in [0.5, 0.6) is 0 Å². The molecule has 4 N–H and O–H groups in total. The Morgan fingerprint density at radius 1 is 1.33 bits per heavy atom. The molecule has 0 aliphatic heterocycles. The van der Waals surface area contributed by atoms with E-state index in [1.165, 1.54) is 0 Å². The molecule has 3 atom stereocenters. The highest BCUT2D eigenvalue weighted by Gasteiger charge is 2.37. The minimum atomic E-state index is -4.17. The number of hydrogen-bond donors (Lipinski definition) is 4. The minimum Gasteiger partial charge on any atom is -0.480 e. The van der Waals surface area contributed by atoms with Crippen molar-refractivity contribution >= 4 is 22.0 Å². The quantitative estimate of drug-likeness (QED) is 0.454. The Balaban J connectivity index is 2.58. The van der Waals surface area contributed by atoms with Gasteiger partial charge in [0.05, 0.1) is 11.9 Å². The molecule has 0 aromatic heterocycles. The zero-order chi connectivity index (χ0) is 13.9. The lowest BCUT2D eigenvalue weighted by Gasteiger charge is -2.15. The van der Waals surface area contributed by atoms with Crippen molar-refractivity contribution in [2.24, 2.45) is 5.92 Å². The van der Waals surface area contributed by atoms with E-state index in [1.807, 2.05) is 0 Å². The smallest absolute Gasteiger partial charge is 0.328 e. The van der Waals surface area contributed by atoms with E-state index in [9.17, 15) is 18.0 Å². The first-order valence-corrected chi connectivity index (χ1v) is 6.86. The molecule has 0 heterocycles. The molecule has 0 aromatic carbocycles. The van der Waals surface area contributed by atoms with Crippen LogP contribution in [0.3, 0.4) is 0 Å². The van der Waals surface area contributed by atoms with Crippen molar-refractivity contribution in [1.29, 1.82) is 0 Å². The number of aliphatic hydroxyl groups is 1. The van der Waals surface area contributed by atoms with E-state index in [0.717, 1.165) is 0 Å². The van der Waals surface area contributed by atoms with E-state index in [1.54, 1.807) is 0 Å². The number of nitrogens with one attached hydrogen (secondary N) is 1. The van der Waals surface area contributed by atoms with Crippen molar-refractivity contribution in [3.05, 3.63) is 0 Å². The summed E-state index contributed by atoms with van der Waals surface area (Å²) in [5.74, 6) is -2.65. The van der Waals surface area contributed by atoms with Crippen LogP contribution in [0.15, 0.2) is 0 Å². The first-order valence-electron chi connectivity index (χ1n) is 5.36. The predicted molar refractivity (Wildman–Crippen MR) is 59.3 cm³/mol. The number of carboxylic acid groups (broad SMARTS) is 1. The van der Waals surface area contributed by atoms with Gasteiger partial charge in [0.1, 0.15) is 6.04 Å². The van der Waals surface area contributed by atoms with Crippen molar-refractivity contribution in [1.82, 2.24) is 5.32 Å². The maximum absolute atomic E-state index is 11.6. The average molecular weight is 281 g/mol. The Kier molecular flexibility index (Phi) is 4.65. The van der Waals surface area contributed by atoms with Crippen LogP contribution in [0.2, 0.25) is 0 Å². The van der Waals surface area contributed by atoms with Crippen LogP contribution in [0, 0.1) is 5.92 Å². The van der Waals surface area contributed by atoms with E-state index in [4.69, 9.17) is 14.8 Å². The molecule has 1 fully saturated rings. The molecule has 1 aliphatic carbocycles. The second kappa shape index (κ2) is 5.63. The Hall–Kier alpha value is -1.19. The van der Waals surface area contributed by atoms with Crippen LogP contribution in [0.4, 0.5) is 0 Å². The molecule has 9 heteroatoms. The van der Waals surface area contributed by atoms with Gasteiger partial charge in [-0.05, 0) is 19.3 Å². The first-order chi connectivity index (χ1) is 8.25. The summed E-state index contributed by atoms with van der Waals surface area (Å²) in [5.41, 5.74) is 0. The summed E-state index contributed by atoms with van der Waals surface area (Å²) in [5, 5.41) is 18.5. The van der Waals surface area contributed by atoms with E-state index in [-0.39, 0.29) is 19.3 Å². The number of hydrogen-bond acceptors (Lipinski definition) is 5. The molecule has 1 saturated carbocycles. The van der Waals surface area contributed by atoms with Gasteiger partial charge in [0.15, 0.2) is 0 Å². The number of carboxylic acids is 1. The molecule has 0 spiro atoms. The molecule has 0 aromatic rings. The maximum atomic E-state index is 11.6. The molecular weight excluding hydrogens is 266 g/mol. The van der Waals surface area contributed by atoms with Crippen LogP contribution in [0.25, 0.3) is 0 Å². The number of carbonyl (C=O) groups is 2. The van der Waals surface area contributed by atoms with Crippen LogP contribution in [-0.4, -0.2) is 53.0 Å². The van der Waals surface area contributed by atoms with Crippen molar-refractivity contribution in [2.45, 2.75) is 30.6 Å². The highest BCUT2D eigenvalue weighted by molar-refractivity contribution is 7.86. The van der Waals surface area contributed by atoms with Gasteiger partial charge in [-0.2, -0.15) is 8.42 Å². The third kappa shape index (κ3) is 3.65. The molecule has 104 valence electrons. The predicted octanol–water partition coefficient (Wildman–Crippen LogP) is -1.40. The molecule has 1 amide bonds. The Labute approximate surface area is 104 Å². The fourth-order valence-corrected chi connectivity index (χ4v) is 2.83. The molecule has 1 aliphatic rings. The molecule has 2 unspecified atom stereocenters. The van der Waals surface area contributed by atoms with Crippen molar-refractivity contribution < 1.29 is 32.8 Å². The largest absolute Gasteiger partial charge is 0.480 e. The molecule has 18 heavy (non-hydrogen) atoms. The molecule has 8 nitrogen and oxygen atoms in total. The van der Waals surface area contributed by atoms with Gasteiger partial charge in [-0.3, -0.25) is 9.35 Å². The van der Waals surface area contributed by atoms with Gasteiger partial charge in [-0.15, -0.1) is 0 Å². The SMILES string of the molecule is O=C(N[C@@H](CO)C(=O)O)C1CCC(S(=O)(=O)O)C1. The molecule has 0 bridgehead atoms. The lowest BCUT2D eigenvalue weighted by molar-refractivity contribution is -0.143. The zero-order valence-corrected chi connectivity index (χ0v) is 10.3.